The molecule has 12 heteroatoms. The van der Waals surface area contributed by atoms with Gasteiger partial charge >= 0.3 is 0 Å². The summed E-state index contributed by atoms with van der Waals surface area (Å²) in [7, 11) is -7.59. The lowest BCUT2D eigenvalue weighted by molar-refractivity contribution is 0.101. The zero-order chi connectivity index (χ0) is 31.2. The number of hydrogen-bond donors (Lipinski definition) is 4. The van der Waals surface area contributed by atoms with Crippen molar-refractivity contribution in [2.75, 3.05) is 20.1 Å². The van der Waals surface area contributed by atoms with Crippen LogP contribution in [-0.4, -0.2) is 28.6 Å². The molecule has 0 spiro atoms. The van der Waals surface area contributed by atoms with Crippen LogP contribution in [0.5, 0.6) is 0 Å². The molecule has 5 rings (SSSR count). The summed E-state index contributed by atoms with van der Waals surface area (Å²) in [5, 5.41) is 5.40. The third-order valence-corrected chi connectivity index (χ3v) is 9.10. The van der Waals surface area contributed by atoms with Crippen LogP contribution in [0, 0.1) is 0 Å². The molecule has 222 valence electrons. The predicted molar refractivity (Wildman–Crippen MR) is 170 cm³/mol. The molecular formula is C32H26N4O6S2. The Morgan fingerprint density at radius 1 is 0.386 bits per heavy atom. The summed E-state index contributed by atoms with van der Waals surface area (Å²) in [6.07, 6.45) is 0. The fourth-order valence-corrected chi connectivity index (χ4v) is 6.17. The number of anilines is 4. The minimum atomic E-state index is -3.80. The fourth-order valence-electron chi connectivity index (χ4n) is 4.05. The number of amides is 2. The maximum atomic E-state index is 12.7. The highest BCUT2D eigenvalue weighted by Crippen LogP contribution is 2.20. The number of carbonyl (C=O) groups is 2. The van der Waals surface area contributed by atoms with E-state index in [1.807, 2.05) is 0 Å². The van der Waals surface area contributed by atoms with E-state index in [0.717, 1.165) is 0 Å². The van der Waals surface area contributed by atoms with Crippen LogP contribution in [0.1, 0.15) is 20.7 Å². The van der Waals surface area contributed by atoms with E-state index < -0.39 is 31.9 Å². The molecule has 4 N–H and O–H groups in total. The average Bonchev–Trinajstić information content (AvgIpc) is 3.02. The van der Waals surface area contributed by atoms with Gasteiger partial charge in [-0.1, -0.05) is 36.4 Å². The van der Waals surface area contributed by atoms with Crippen molar-refractivity contribution in [2.45, 2.75) is 9.79 Å². The summed E-state index contributed by atoms with van der Waals surface area (Å²) >= 11 is 0. The molecule has 0 fully saturated rings. The Balaban J connectivity index is 1.17. The van der Waals surface area contributed by atoms with Gasteiger partial charge in [0.15, 0.2) is 0 Å². The highest BCUT2D eigenvalue weighted by atomic mass is 32.2. The predicted octanol–water partition coefficient (Wildman–Crippen LogP) is 5.79. The number of hydrogen-bond acceptors (Lipinski definition) is 6. The van der Waals surface area contributed by atoms with Crippen molar-refractivity contribution in [1.29, 1.82) is 0 Å². The van der Waals surface area contributed by atoms with Crippen LogP contribution < -0.4 is 20.1 Å². The van der Waals surface area contributed by atoms with Crippen molar-refractivity contribution in [3.63, 3.8) is 0 Å². The molecule has 5 aromatic rings. The molecule has 0 saturated heterocycles. The van der Waals surface area contributed by atoms with Gasteiger partial charge < -0.3 is 10.6 Å². The summed E-state index contributed by atoms with van der Waals surface area (Å²) in [6.45, 7) is 0. The highest BCUT2D eigenvalue weighted by Gasteiger charge is 2.16. The third kappa shape index (κ3) is 7.48. The maximum Gasteiger partial charge on any atom is 0.261 e. The molecule has 2 amide bonds. The van der Waals surface area contributed by atoms with E-state index in [2.05, 4.69) is 20.1 Å². The van der Waals surface area contributed by atoms with Crippen LogP contribution in [0.15, 0.2) is 143 Å². The number of rotatable bonds is 10. The highest BCUT2D eigenvalue weighted by molar-refractivity contribution is 7.93. The Kier molecular flexibility index (Phi) is 8.74. The Bertz CT molecular complexity index is 1840. The summed E-state index contributed by atoms with van der Waals surface area (Å²) in [5.41, 5.74) is 2.21. The Morgan fingerprint density at radius 3 is 1.02 bits per heavy atom. The molecule has 10 nitrogen and oxygen atoms in total. The molecule has 0 unspecified atom stereocenters. The van der Waals surface area contributed by atoms with Gasteiger partial charge in [0.2, 0.25) is 0 Å². The van der Waals surface area contributed by atoms with Crippen molar-refractivity contribution in [3.05, 3.63) is 145 Å². The third-order valence-electron chi connectivity index (χ3n) is 6.31. The fraction of sp³-hybridized carbons (Fsp3) is 0. The van der Waals surface area contributed by atoms with E-state index in [1.165, 1.54) is 72.8 Å². The van der Waals surface area contributed by atoms with Gasteiger partial charge in [-0.15, -0.1) is 0 Å². The lowest BCUT2D eigenvalue weighted by Crippen LogP contribution is -2.15. The first-order chi connectivity index (χ1) is 21.1. The molecule has 0 heterocycles. The second-order valence-electron chi connectivity index (χ2n) is 9.48. The monoisotopic (exact) mass is 626 g/mol. The largest absolute Gasteiger partial charge is 0.322 e. The minimum absolute atomic E-state index is 0.0369. The summed E-state index contributed by atoms with van der Waals surface area (Å²) in [4.78, 5) is 25.6. The van der Waals surface area contributed by atoms with Crippen LogP contribution in [0.4, 0.5) is 22.7 Å². The van der Waals surface area contributed by atoms with Gasteiger partial charge in [-0.05, 0) is 97.1 Å². The number of sulfonamides is 2. The molecule has 0 aliphatic heterocycles. The van der Waals surface area contributed by atoms with Gasteiger partial charge in [0.1, 0.15) is 0 Å². The number of para-hydroxylation sites is 2. The molecule has 0 atom stereocenters. The molecule has 0 bridgehead atoms. The lowest BCUT2D eigenvalue weighted by Gasteiger charge is -2.10. The molecule has 0 aliphatic rings. The Morgan fingerprint density at radius 2 is 0.705 bits per heavy atom. The SMILES string of the molecule is O=C(Nc1ccc(S(=O)(=O)Nc2ccccc2)cc1)c1ccc(C(=O)Nc2ccc(S(=O)(=O)Nc3ccccc3)cc2)cc1. The van der Waals surface area contributed by atoms with E-state index in [9.17, 15) is 26.4 Å². The molecule has 5 aromatic carbocycles. The van der Waals surface area contributed by atoms with Crippen molar-refractivity contribution in [3.8, 4) is 0 Å². The van der Waals surface area contributed by atoms with Gasteiger partial charge in [0, 0.05) is 33.9 Å². The first-order valence-electron chi connectivity index (χ1n) is 13.2. The van der Waals surface area contributed by atoms with Gasteiger partial charge in [-0.3, -0.25) is 19.0 Å². The molecule has 0 saturated carbocycles. The first-order valence-corrected chi connectivity index (χ1v) is 16.1. The van der Waals surface area contributed by atoms with Crippen LogP contribution in [0.2, 0.25) is 0 Å². The van der Waals surface area contributed by atoms with Crippen molar-refractivity contribution in [2.24, 2.45) is 0 Å². The topological polar surface area (TPSA) is 151 Å². The summed E-state index contributed by atoms with van der Waals surface area (Å²) in [6, 6.07) is 34.4. The first kappa shape index (κ1) is 30.0. The lowest BCUT2D eigenvalue weighted by atomic mass is 10.1. The molecule has 44 heavy (non-hydrogen) atoms. The van der Waals surface area contributed by atoms with Crippen LogP contribution in [0.3, 0.4) is 0 Å². The normalized spacial score (nSPS) is 11.3. The van der Waals surface area contributed by atoms with E-state index >= 15 is 0 Å². The van der Waals surface area contributed by atoms with Crippen molar-refractivity contribution >= 4 is 54.6 Å². The number of nitrogens with one attached hydrogen (secondary N) is 4. The average molecular weight is 627 g/mol. The summed E-state index contributed by atoms with van der Waals surface area (Å²) < 4.78 is 55.5. The van der Waals surface area contributed by atoms with Crippen molar-refractivity contribution in [1.82, 2.24) is 0 Å². The quantitative estimate of drug-likeness (QED) is 0.154. The van der Waals surface area contributed by atoms with Crippen LogP contribution >= 0.6 is 0 Å². The van der Waals surface area contributed by atoms with Gasteiger partial charge in [-0.25, -0.2) is 16.8 Å². The molecule has 0 aliphatic carbocycles. The van der Waals surface area contributed by atoms with Crippen LogP contribution in [0.25, 0.3) is 0 Å². The molecule has 0 aromatic heterocycles. The molecule has 0 radical (unpaired) electrons. The number of benzene rings is 5. The second kappa shape index (κ2) is 12.8. The smallest absolute Gasteiger partial charge is 0.261 e. The molecular weight excluding hydrogens is 601 g/mol. The van der Waals surface area contributed by atoms with Crippen LogP contribution in [-0.2, 0) is 20.0 Å². The Labute approximate surface area is 254 Å². The van der Waals surface area contributed by atoms with E-state index in [1.54, 1.807) is 60.7 Å². The Hall–Kier alpha value is -5.46. The van der Waals surface area contributed by atoms with Crippen molar-refractivity contribution < 1.29 is 26.4 Å². The van der Waals surface area contributed by atoms with E-state index in [-0.39, 0.29) is 20.9 Å². The number of carbonyl (C=O) groups excluding carboxylic acids is 2. The van der Waals surface area contributed by atoms with Gasteiger partial charge in [-0.2, -0.15) is 0 Å². The standard InChI is InChI=1S/C32H26N4O6S2/c37-31(33-25-15-19-29(20-16-25)43(39,40)35-27-7-3-1-4-8-27)23-11-13-24(14-12-23)32(38)34-26-17-21-30(22-18-26)44(41,42)36-28-9-5-2-6-10-28/h1-22,35-36H,(H,33,37)(H,34,38). The zero-order valence-corrected chi connectivity index (χ0v) is 24.6. The zero-order valence-electron chi connectivity index (χ0n) is 23.0. The van der Waals surface area contributed by atoms with Gasteiger partial charge in [0.25, 0.3) is 31.9 Å². The second-order valence-corrected chi connectivity index (χ2v) is 12.8. The minimum Gasteiger partial charge on any atom is -0.322 e. The maximum absolute atomic E-state index is 12.7. The van der Waals surface area contributed by atoms with E-state index in [0.29, 0.717) is 22.7 Å². The van der Waals surface area contributed by atoms with E-state index in [4.69, 9.17) is 0 Å². The summed E-state index contributed by atoms with van der Waals surface area (Å²) in [5.74, 6) is -0.897. The van der Waals surface area contributed by atoms with Gasteiger partial charge in [0.05, 0.1) is 9.79 Å².